The molecule has 0 N–H and O–H groups in total. The lowest BCUT2D eigenvalue weighted by molar-refractivity contribution is 0.0718. The predicted octanol–water partition coefficient (Wildman–Crippen LogP) is 6.53. The maximum Gasteiger partial charge on any atom is 0.255 e. The summed E-state index contributed by atoms with van der Waals surface area (Å²) in [5.74, 6) is 0.579. The number of carbonyl (C=O) groups is 1. The number of carbonyl (C=O) groups excluding carboxylic acids is 1. The molecule has 0 fully saturated rings. The van der Waals surface area contributed by atoms with E-state index in [1.165, 1.54) is 6.26 Å². The third-order valence-electron chi connectivity index (χ3n) is 6.68. The number of nitriles is 1. The van der Waals surface area contributed by atoms with Crippen molar-refractivity contribution in [3.8, 4) is 17.2 Å². The average molecular weight is 535 g/mol. The van der Waals surface area contributed by atoms with Crippen LogP contribution >= 0.6 is 0 Å². The lowest BCUT2D eigenvalue weighted by Gasteiger charge is -2.24. The summed E-state index contributed by atoms with van der Waals surface area (Å²) in [6, 6.07) is 31.6. The number of hydrogen-bond donors (Lipinski definition) is 0. The van der Waals surface area contributed by atoms with Gasteiger partial charge in [-0.25, -0.2) is 8.42 Å². The second kappa shape index (κ2) is 10.6. The van der Waals surface area contributed by atoms with E-state index >= 15 is 0 Å². The Morgan fingerprint density at radius 3 is 2.36 bits per heavy atom. The fraction of sp³-hybridized carbons (Fsp3) is 0.125. The molecule has 0 unspecified atom stereocenters. The summed E-state index contributed by atoms with van der Waals surface area (Å²) in [6.45, 7) is 2.44. The van der Waals surface area contributed by atoms with Gasteiger partial charge in [-0.15, -0.1) is 0 Å². The minimum absolute atomic E-state index is 0.135. The molecule has 0 saturated carbocycles. The van der Waals surface area contributed by atoms with Gasteiger partial charge in [-0.2, -0.15) is 5.26 Å². The van der Waals surface area contributed by atoms with Crippen LogP contribution in [0.1, 0.15) is 33.0 Å². The largest absolute Gasteiger partial charge is 0.449 e. The highest BCUT2D eigenvalue weighted by Gasteiger charge is 2.22. The maximum atomic E-state index is 14.0. The molecule has 5 rings (SSSR count). The average Bonchev–Trinajstić information content (AvgIpc) is 3.40. The van der Waals surface area contributed by atoms with Crippen molar-refractivity contribution in [2.24, 2.45) is 0 Å². The van der Waals surface area contributed by atoms with E-state index in [0.29, 0.717) is 17.9 Å². The molecular formula is C32H26N2O4S. The fourth-order valence-electron chi connectivity index (χ4n) is 4.66. The summed E-state index contributed by atoms with van der Waals surface area (Å²) >= 11 is 0. The minimum atomic E-state index is -3.32. The van der Waals surface area contributed by atoms with Gasteiger partial charge in [-0.05, 0) is 64.2 Å². The Balaban J connectivity index is 1.48. The van der Waals surface area contributed by atoms with Crippen LogP contribution in [-0.2, 0) is 22.9 Å². The van der Waals surface area contributed by atoms with Crippen molar-refractivity contribution in [1.29, 1.82) is 5.26 Å². The molecular weight excluding hydrogens is 508 g/mol. The van der Waals surface area contributed by atoms with E-state index in [9.17, 15) is 18.5 Å². The first kappa shape index (κ1) is 26.0. The molecule has 1 heterocycles. The summed E-state index contributed by atoms with van der Waals surface area (Å²) in [5.41, 5.74) is 4.08. The van der Waals surface area contributed by atoms with E-state index in [1.807, 2.05) is 79.7 Å². The zero-order chi connectivity index (χ0) is 27.6. The molecule has 0 spiro atoms. The quantitative estimate of drug-likeness (QED) is 0.237. The number of rotatable bonds is 7. The molecule has 6 nitrogen and oxygen atoms in total. The zero-order valence-corrected chi connectivity index (χ0v) is 22.4. The van der Waals surface area contributed by atoms with Crippen LogP contribution in [0.4, 0.5) is 0 Å². The molecule has 0 bridgehead atoms. The first-order valence-corrected chi connectivity index (χ1v) is 14.3. The molecule has 0 aliphatic heterocycles. The van der Waals surface area contributed by atoms with E-state index in [2.05, 4.69) is 0 Å². The highest BCUT2D eigenvalue weighted by atomic mass is 32.2. The van der Waals surface area contributed by atoms with E-state index in [4.69, 9.17) is 4.42 Å². The summed E-state index contributed by atoms with van der Waals surface area (Å²) in [4.78, 5) is 16.0. The smallest absolute Gasteiger partial charge is 0.255 e. The molecule has 0 saturated heterocycles. The van der Waals surface area contributed by atoms with Gasteiger partial charge >= 0.3 is 0 Å². The number of furan rings is 1. The van der Waals surface area contributed by atoms with Crippen molar-refractivity contribution in [3.05, 3.63) is 125 Å². The third-order valence-corrected chi connectivity index (χ3v) is 7.79. The number of hydrogen-bond acceptors (Lipinski definition) is 5. The molecule has 194 valence electrons. The van der Waals surface area contributed by atoms with E-state index in [-0.39, 0.29) is 23.1 Å². The van der Waals surface area contributed by atoms with Gasteiger partial charge in [0.1, 0.15) is 11.8 Å². The Hall–Kier alpha value is -4.67. The minimum Gasteiger partial charge on any atom is -0.449 e. The van der Waals surface area contributed by atoms with Gasteiger partial charge in [-0.3, -0.25) is 4.79 Å². The number of sulfone groups is 1. The molecule has 0 radical (unpaired) electrons. The fourth-order valence-corrected chi connectivity index (χ4v) is 5.33. The van der Waals surface area contributed by atoms with Crippen LogP contribution < -0.4 is 0 Å². The van der Waals surface area contributed by atoms with Crippen molar-refractivity contribution in [3.63, 3.8) is 0 Å². The standard InChI is InChI=1S/C32H26N2O4S/c1-22-10-13-25-6-3-4-9-30(25)31(22)32(35)34(21-28-17-16-27(19-33)38-28)20-23-11-14-24(15-12-23)26-7-5-8-29(18-26)39(2,36)37/h3-18H,20-21H2,1-2H3. The van der Waals surface area contributed by atoms with Crippen LogP contribution in [0.2, 0.25) is 0 Å². The van der Waals surface area contributed by atoms with Crippen molar-refractivity contribution in [1.82, 2.24) is 4.90 Å². The van der Waals surface area contributed by atoms with E-state index in [1.54, 1.807) is 35.2 Å². The first-order chi connectivity index (χ1) is 18.7. The number of benzene rings is 4. The molecule has 7 heteroatoms. The van der Waals surface area contributed by atoms with Crippen molar-refractivity contribution in [2.45, 2.75) is 24.9 Å². The Labute approximate surface area is 227 Å². The lowest BCUT2D eigenvalue weighted by atomic mass is 9.98. The number of amides is 1. The van der Waals surface area contributed by atoms with Gasteiger partial charge in [0.2, 0.25) is 5.76 Å². The molecule has 1 amide bonds. The van der Waals surface area contributed by atoms with Crippen LogP contribution in [0, 0.1) is 18.3 Å². The lowest BCUT2D eigenvalue weighted by Crippen LogP contribution is -2.30. The molecule has 0 aliphatic carbocycles. The van der Waals surface area contributed by atoms with Crippen LogP contribution in [-0.4, -0.2) is 25.5 Å². The Bertz CT molecular complexity index is 1830. The first-order valence-electron chi connectivity index (χ1n) is 12.4. The van der Waals surface area contributed by atoms with E-state index in [0.717, 1.165) is 33.0 Å². The van der Waals surface area contributed by atoms with Gasteiger partial charge < -0.3 is 9.32 Å². The molecule has 0 atom stereocenters. The molecule has 39 heavy (non-hydrogen) atoms. The van der Waals surface area contributed by atoms with Gasteiger partial charge in [-0.1, -0.05) is 72.8 Å². The highest BCUT2D eigenvalue weighted by Crippen LogP contribution is 2.27. The maximum absolute atomic E-state index is 14.0. The summed E-state index contributed by atoms with van der Waals surface area (Å²) in [7, 11) is -3.32. The highest BCUT2D eigenvalue weighted by molar-refractivity contribution is 7.90. The second-order valence-electron chi connectivity index (χ2n) is 9.51. The summed E-state index contributed by atoms with van der Waals surface area (Å²) in [6.07, 6.45) is 1.19. The van der Waals surface area contributed by atoms with Crippen molar-refractivity contribution >= 4 is 26.5 Å². The monoisotopic (exact) mass is 534 g/mol. The van der Waals surface area contributed by atoms with E-state index < -0.39 is 9.84 Å². The molecule has 1 aromatic heterocycles. The normalized spacial score (nSPS) is 11.3. The SMILES string of the molecule is Cc1ccc2ccccc2c1C(=O)N(Cc1ccc(-c2cccc(S(C)(=O)=O)c2)cc1)Cc1ccc(C#N)o1. The van der Waals surface area contributed by atoms with Crippen molar-refractivity contribution in [2.75, 3.05) is 6.26 Å². The topological polar surface area (TPSA) is 91.4 Å². The van der Waals surface area contributed by atoms with Crippen molar-refractivity contribution < 1.29 is 17.6 Å². The van der Waals surface area contributed by atoms with Crippen LogP contribution in [0.25, 0.3) is 21.9 Å². The van der Waals surface area contributed by atoms with Gasteiger partial charge in [0.05, 0.1) is 17.0 Å². The third kappa shape index (κ3) is 5.62. The Kier molecular flexibility index (Phi) is 7.05. The number of aryl methyl sites for hydroxylation is 1. The van der Waals surface area contributed by atoms with Gasteiger partial charge in [0.25, 0.3) is 5.91 Å². The van der Waals surface area contributed by atoms with Crippen LogP contribution in [0.15, 0.2) is 106 Å². The predicted molar refractivity (Wildman–Crippen MR) is 151 cm³/mol. The molecule has 4 aromatic carbocycles. The Morgan fingerprint density at radius 1 is 0.872 bits per heavy atom. The molecule has 5 aromatic rings. The van der Waals surface area contributed by atoms with Gasteiger partial charge in [0, 0.05) is 12.8 Å². The summed E-state index contributed by atoms with van der Waals surface area (Å²) in [5, 5.41) is 11.0. The number of fused-ring (bicyclic) bond motifs is 1. The van der Waals surface area contributed by atoms with Gasteiger partial charge in [0.15, 0.2) is 9.84 Å². The van der Waals surface area contributed by atoms with Crippen LogP contribution in [0.3, 0.4) is 0 Å². The van der Waals surface area contributed by atoms with Crippen LogP contribution in [0.5, 0.6) is 0 Å². The summed E-state index contributed by atoms with van der Waals surface area (Å²) < 4.78 is 29.6. The second-order valence-corrected chi connectivity index (χ2v) is 11.5. The Morgan fingerprint density at radius 2 is 1.64 bits per heavy atom. The zero-order valence-electron chi connectivity index (χ0n) is 21.6. The molecule has 0 aliphatic rings. The number of nitrogens with zero attached hydrogens (tertiary/aromatic N) is 2.